The normalized spacial score (nSPS) is 13.1. The first-order chi connectivity index (χ1) is 7.49. The number of rotatable bonds is 5. The Hall–Kier alpha value is -0.930. The molecule has 16 heavy (non-hydrogen) atoms. The topological polar surface area (TPSA) is 29.5 Å². The molecule has 0 bridgehead atoms. The maximum absolute atomic E-state index is 13.0. The second-order valence-electron chi connectivity index (χ2n) is 4.31. The Morgan fingerprint density at radius 2 is 2.06 bits per heavy atom. The van der Waals surface area contributed by atoms with E-state index in [1.807, 2.05) is 20.8 Å². The lowest BCUT2D eigenvalue weighted by molar-refractivity contribution is 0.00614. The molecule has 3 heteroatoms. The fraction of sp³-hybridized carbons (Fsp3) is 0.538. The van der Waals surface area contributed by atoms with Crippen LogP contribution < -0.4 is 0 Å². The molecule has 1 rings (SSSR count). The van der Waals surface area contributed by atoms with Crippen molar-refractivity contribution in [1.82, 2.24) is 0 Å². The highest BCUT2D eigenvalue weighted by atomic mass is 19.1. The molecule has 0 aromatic heterocycles. The van der Waals surface area contributed by atoms with Gasteiger partial charge in [-0.2, -0.15) is 0 Å². The minimum atomic E-state index is -0.581. The summed E-state index contributed by atoms with van der Waals surface area (Å²) in [4.78, 5) is 0. The zero-order chi connectivity index (χ0) is 12.1. The molecule has 1 unspecified atom stereocenters. The zero-order valence-electron chi connectivity index (χ0n) is 10.0. The molecule has 1 atom stereocenters. The summed E-state index contributed by atoms with van der Waals surface area (Å²) in [5.41, 5.74) is 1.82. The summed E-state index contributed by atoms with van der Waals surface area (Å²) in [5, 5.41) is 9.72. The van der Waals surface area contributed by atoms with Crippen molar-refractivity contribution in [3.05, 3.63) is 35.1 Å². The van der Waals surface area contributed by atoms with Gasteiger partial charge in [-0.25, -0.2) is 4.39 Å². The molecule has 0 aliphatic rings. The van der Waals surface area contributed by atoms with Gasteiger partial charge in [0.15, 0.2) is 0 Å². The summed E-state index contributed by atoms with van der Waals surface area (Å²) in [5.74, 6) is -0.266. The minimum absolute atomic E-state index is 0.100. The first-order valence-electron chi connectivity index (χ1n) is 5.53. The Bertz CT molecular complexity index is 337. The molecule has 0 amide bonds. The quantitative estimate of drug-likeness (QED) is 0.835. The molecule has 0 heterocycles. The van der Waals surface area contributed by atoms with Crippen LogP contribution in [0.25, 0.3) is 0 Å². The van der Waals surface area contributed by atoms with Gasteiger partial charge in [0, 0.05) is 6.42 Å². The molecule has 0 saturated carbocycles. The van der Waals surface area contributed by atoms with Crippen LogP contribution in [0.1, 0.15) is 25.0 Å². The van der Waals surface area contributed by atoms with E-state index in [1.54, 1.807) is 6.07 Å². The predicted octanol–water partition coefficient (Wildman–Crippen LogP) is 2.46. The number of ether oxygens (including phenoxy) is 1. The Balaban J connectivity index is 2.55. The molecule has 0 spiro atoms. The number of benzene rings is 1. The van der Waals surface area contributed by atoms with E-state index in [0.29, 0.717) is 6.42 Å². The van der Waals surface area contributed by atoms with Crippen LogP contribution in [0.15, 0.2) is 18.2 Å². The minimum Gasteiger partial charge on any atom is -0.390 e. The van der Waals surface area contributed by atoms with E-state index in [4.69, 9.17) is 4.74 Å². The molecular weight excluding hydrogens is 207 g/mol. The fourth-order valence-corrected chi connectivity index (χ4v) is 1.48. The van der Waals surface area contributed by atoms with Gasteiger partial charge in [0.05, 0.1) is 18.8 Å². The summed E-state index contributed by atoms with van der Waals surface area (Å²) < 4.78 is 18.3. The molecule has 1 aromatic carbocycles. The molecule has 0 saturated heterocycles. The standard InChI is InChI=1S/C13H19FO2/c1-9(2)16-8-13(15)7-11-6-12(14)5-4-10(11)3/h4-6,9,13,15H,7-8H2,1-3H3. The lowest BCUT2D eigenvalue weighted by atomic mass is 10.0. The van der Waals surface area contributed by atoms with Crippen LogP contribution in [-0.4, -0.2) is 23.9 Å². The van der Waals surface area contributed by atoms with Crippen molar-refractivity contribution in [1.29, 1.82) is 0 Å². The van der Waals surface area contributed by atoms with E-state index in [0.717, 1.165) is 11.1 Å². The van der Waals surface area contributed by atoms with Crippen molar-refractivity contribution < 1.29 is 14.2 Å². The van der Waals surface area contributed by atoms with Crippen molar-refractivity contribution >= 4 is 0 Å². The van der Waals surface area contributed by atoms with Crippen molar-refractivity contribution in [2.24, 2.45) is 0 Å². The number of halogens is 1. The van der Waals surface area contributed by atoms with Gasteiger partial charge in [0.2, 0.25) is 0 Å². The SMILES string of the molecule is Cc1ccc(F)cc1CC(O)COC(C)C. The molecule has 0 radical (unpaired) electrons. The van der Waals surface area contributed by atoms with Gasteiger partial charge < -0.3 is 9.84 Å². The number of aliphatic hydroxyl groups is 1. The average Bonchev–Trinajstić information content (AvgIpc) is 2.20. The van der Waals surface area contributed by atoms with E-state index in [1.165, 1.54) is 12.1 Å². The van der Waals surface area contributed by atoms with Crippen molar-refractivity contribution in [2.45, 2.75) is 39.4 Å². The Morgan fingerprint density at radius 3 is 2.69 bits per heavy atom. The number of hydrogen-bond acceptors (Lipinski definition) is 2. The third-order valence-corrected chi connectivity index (χ3v) is 2.39. The molecule has 1 N–H and O–H groups in total. The summed E-state index contributed by atoms with van der Waals surface area (Å²) in [6, 6.07) is 4.62. The van der Waals surface area contributed by atoms with Crippen LogP contribution in [0.4, 0.5) is 4.39 Å². The van der Waals surface area contributed by atoms with Crippen LogP contribution in [0.2, 0.25) is 0 Å². The lowest BCUT2D eigenvalue weighted by Crippen LogP contribution is -2.21. The van der Waals surface area contributed by atoms with Gasteiger partial charge in [-0.15, -0.1) is 0 Å². The molecule has 0 fully saturated rings. The molecular formula is C13H19FO2. The van der Waals surface area contributed by atoms with Crippen molar-refractivity contribution in [3.63, 3.8) is 0 Å². The molecule has 2 nitrogen and oxygen atoms in total. The largest absolute Gasteiger partial charge is 0.390 e. The van der Waals surface area contributed by atoms with Crippen LogP contribution in [0, 0.1) is 12.7 Å². The predicted molar refractivity (Wildman–Crippen MR) is 61.9 cm³/mol. The number of hydrogen-bond donors (Lipinski definition) is 1. The van der Waals surface area contributed by atoms with Gasteiger partial charge in [-0.1, -0.05) is 6.07 Å². The monoisotopic (exact) mass is 226 g/mol. The highest BCUT2D eigenvalue weighted by molar-refractivity contribution is 5.27. The first-order valence-corrected chi connectivity index (χ1v) is 5.53. The van der Waals surface area contributed by atoms with Crippen LogP contribution in [0.5, 0.6) is 0 Å². The second-order valence-corrected chi connectivity index (χ2v) is 4.31. The fourth-order valence-electron chi connectivity index (χ4n) is 1.48. The average molecular weight is 226 g/mol. The second kappa shape index (κ2) is 5.97. The van der Waals surface area contributed by atoms with Crippen LogP contribution in [0.3, 0.4) is 0 Å². The third-order valence-electron chi connectivity index (χ3n) is 2.39. The number of aryl methyl sites for hydroxylation is 1. The third kappa shape index (κ3) is 4.29. The maximum Gasteiger partial charge on any atom is 0.123 e. The van der Waals surface area contributed by atoms with Gasteiger partial charge in [0.25, 0.3) is 0 Å². The smallest absolute Gasteiger partial charge is 0.123 e. The van der Waals surface area contributed by atoms with Gasteiger partial charge >= 0.3 is 0 Å². The van der Waals surface area contributed by atoms with E-state index in [9.17, 15) is 9.50 Å². The van der Waals surface area contributed by atoms with Gasteiger partial charge in [-0.3, -0.25) is 0 Å². The van der Waals surface area contributed by atoms with E-state index in [-0.39, 0.29) is 18.5 Å². The van der Waals surface area contributed by atoms with Gasteiger partial charge in [0.1, 0.15) is 5.82 Å². The van der Waals surface area contributed by atoms with Crippen molar-refractivity contribution in [2.75, 3.05) is 6.61 Å². The first kappa shape index (κ1) is 13.1. The lowest BCUT2D eigenvalue weighted by Gasteiger charge is -2.14. The highest BCUT2D eigenvalue weighted by Crippen LogP contribution is 2.12. The van der Waals surface area contributed by atoms with Crippen molar-refractivity contribution in [3.8, 4) is 0 Å². The Kier molecular flexibility index (Phi) is 4.90. The maximum atomic E-state index is 13.0. The highest BCUT2D eigenvalue weighted by Gasteiger charge is 2.09. The van der Waals surface area contributed by atoms with E-state index in [2.05, 4.69) is 0 Å². The van der Waals surface area contributed by atoms with Crippen LogP contribution >= 0.6 is 0 Å². The molecule has 0 aliphatic heterocycles. The summed E-state index contributed by atoms with van der Waals surface area (Å²) in [6.45, 7) is 6.03. The number of aliphatic hydroxyl groups excluding tert-OH is 1. The van der Waals surface area contributed by atoms with E-state index >= 15 is 0 Å². The Morgan fingerprint density at radius 1 is 1.38 bits per heavy atom. The Labute approximate surface area is 96.1 Å². The zero-order valence-corrected chi connectivity index (χ0v) is 10.0. The molecule has 1 aromatic rings. The molecule has 0 aliphatic carbocycles. The summed E-state index contributed by atoms with van der Waals surface area (Å²) >= 11 is 0. The summed E-state index contributed by atoms with van der Waals surface area (Å²) in [7, 11) is 0. The summed E-state index contributed by atoms with van der Waals surface area (Å²) in [6.07, 6.45) is -0.0535. The molecule has 90 valence electrons. The van der Waals surface area contributed by atoms with E-state index < -0.39 is 6.10 Å². The van der Waals surface area contributed by atoms with Crippen LogP contribution in [-0.2, 0) is 11.2 Å². The van der Waals surface area contributed by atoms with Gasteiger partial charge in [-0.05, 0) is 44.0 Å².